The molecule has 0 aromatic rings. The number of methoxy groups -OCH3 is 1. The van der Waals surface area contributed by atoms with E-state index in [-0.39, 0.29) is 0 Å². The maximum Gasteiger partial charge on any atom is 0.182 e. The molecule has 0 spiro atoms. The third kappa shape index (κ3) is 4.91. The van der Waals surface area contributed by atoms with E-state index in [1.54, 1.807) is 7.11 Å². The van der Waals surface area contributed by atoms with Crippen molar-refractivity contribution in [3.05, 3.63) is 0 Å². The van der Waals surface area contributed by atoms with E-state index in [1.165, 1.54) is 44.9 Å². The summed E-state index contributed by atoms with van der Waals surface area (Å²) in [6.07, 6.45) is 10.4. The predicted octanol–water partition coefficient (Wildman–Crippen LogP) is 3.17. The van der Waals surface area contributed by atoms with Gasteiger partial charge in [0.1, 0.15) is 0 Å². The Kier molecular flexibility index (Phi) is 5.62. The molecule has 0 amide bonds. The summed E-state index contributed by atoms with van der Waals surface area (Å²) in [6.45, 7) is 0.961. The van der Waals surface area contributed by atoms with Crippen LogP contribution in [0.3, 0.4) is 0 Å². The molecule has 2 heteroatoms. The molecule has 0 saturated heterocycles. The molecule has 0 bridgehead atoms. The van der Waals surface area contributed by atoms with Gasteiger partial charge in [-0.1, -0.05) is 32.1 Å². The van der Waals surface area contributed by atoms with E-state index in [9.17, 15) is 0 Å². The van der Waals surface area contributed by atoms with Gasteiger partial charge in [-0.15, -0.1) is 0 Å². The van der Waals surface area contributed by atoms with Crippen LogP contribution in [0.2, 0.25) is 0 Å². The first kappa shape index (κ1) is 10.6. The third-order valence-electron chi connectivity index (χ3n) is 2.57. The summed E-state index contributed by atoms with van der Waals surface area (Å²) in [5.74, 6) is 0.960. The molecule has 0 aliphatic carbocycles. The van der Waals surface area contributed by atoms with Crippen LogP contribution in [-0.4, -0.2) is 19.6 Å². The number of aliphatic imine (C=N–C) groups is 1. The van der Waals surface area contributed by atoms with Crippen molar-refractivity contribution >= 4 is 5.90 Å². The van der Waals surface area contributed by atoms with Gasteiger partial charge in [0.2, 0.25) is 0 Å². The van der Waals surface area contributed by atoms with Gasteiger partial charge in [0.25, 0.3) is 0 Å². The van der Waals surface area contributed by atoms with Gasteiger partial charge in [-0.25, -0.2) is 0 Å². The van der Waals surface area contributed by atoms with Crippen LogP contribution in [0.5, 0.6) is 0 Å². The molecule has 0 radical (unpaired) electrons. The molecule has 2 nitrogen and oxygen atoms in total. The van der Waals surface area contributed by atoms with Crippen molar-refractivity contribution in [3.8, 4) is 0 Å². The molecule has 0 N–H and O–H groups in total. The van der Waals surface area contributed by atoms with Gasteiger partial charge < -0.3 is 4.74 Å². The van der Waals surface area contributed by atoms with Crippen LogP contribution in [0.1, 0.15) is 51.4 Å². The van der Waals surface area contributed by atoms with Gasteiger partial charge in [-0.3, -0.25) is 4.99 Å². The number of hydrogen-bond donors (Lipinski definition) is 0. The van der Waals surface area contributed by atoms with Crippen LogP contribution >= 0.6 is 0 Å². The highest BCUT2D eigenvalue weighted by molar-refractivity contribution is 5.75. The molecule has 0 atom stereocenters. The molecule has 0 unspecified atom stereocenters. The fourth-order valence-electron chi connectivity index (χ4n) is 1.72. The highest BCUT2D eigenvalue weighted by Crippen LogP contribution is 2.11. The van der Waals surface area contributed by atoms with E-state index >= 15 is 0 Å². The molecule has 76 valence electrons. The van der Waals surface area contributed by atoms with Gasteiger partial charge in [0.05, 0.1) is 7.11 Å². The lowest BCUT2D eigenvalue weighted by atomic mass is 10.1. The number of ether oxygens (including phenoxy) is 1. The monoisotopic (exact) mass is 183 g/mol. The molecule has 0 aromatic carbocycles. The SMILES string of the molecule is COC1=NCCCCCCCCC1. The lowest BCUT2D eigenvalue weighted by Crippen LogP contribution is -2.02. The zero-order valence-electron chi connectivity index (χ0n) is 8.72. The maximum absolute atomic E-state index is 5.21. The Morgan fingerprint density at radius 1 is 0.923 bits per heavy atom. The molecule has 1 aliphatic rings. The zero-order chi connectivity index (χ0) is 9.36. The summed E-state index contributed by atoms with van der Waals surface area (Å²) in [7, 11) is 1.73. The van der Waals surface area contributed by atoms with Crippen molar-refractivity contribution in [2.45, 2.75) is 51.4 Å². The fourth-order valence-corrected chi connectivity index (χ4v) is 1.72. The van der Waals surface area contributed by atoms with Gasteiger partial charge in [-0.05, 0) is 12.8 Å². The van der Waals surface area contributed by atoms with E-state index in [0.717, 1.165) is 18.9 Å². The minimum absolute atomic E-state index is 0.960. The lowest BCUT2D eigenvalue weighted by Gasteiger charge is -2.03. The molecule has 0 fully saturated rings. The minimum atomic E-state index is 0.960. The van der Waals surface area contributed by atoms with Crippen LogP contribution in [0.4, 0.5) is 0 Å². The Hall–Kier alpha value is -0.530. The predicted molar refractivity (Wildman–Crippen MR) is 56.2 cm³/mol. The van der Waals surface area contributed by atoms with Crippen molar-refractivity contribution < 1.29 is 4.74 Å². The minimum Gasteiger partial charge on any atom is -0.484 e. The maximum atomic E-state index is 5.21. The Morgan fingerprint density at radius 3 is 2.23 bits per heavy atom. The van der Waals surface area contributed by atoms with Crippen molar-refractivity contribution in [1.29, 1.82) is 0 Å². The van der Waals surface area contributed by atoms with Crippen molar-refractivity contribution in [2.24, 2.45) is 4.99 Å². The molecular formula is C11H21NO. The van der Waals surface area contributed by atoms with Crippen molar-refractivity contribution in [2.75, 3.05) is 13.7 Å². The average Bonchev–Trinajstić information content (AvgIpc) is 2.22. The number of nitrogens with zero attached hydrogens (tertiary/aromatic N) is 1. The van der Waals surface area contributed by atoms with Gasteiger partial charge in [0, 0.05) is 13.0 Å². The molecule has 0 aromatic heterocycles. The van der Waals surface area contributed by atoms with Crippen LogP contribution in [0, 0.1) is 0 Å². The molecular weight excluding hydrogens is 162 g/mol. The van der Waals surface area contributed by atoms with Crippen LogP contribution in [0.25, 0.3) is 0 Å². The summed E-state index contributed by atoms with van der Waals surface area (Å²) >= 11 is 0. The normalized spacial score (nSPS) is 21.5. The Balaban J connectivity index is 2.31. The fraction of sp³-hybridized carbons (Fsp3) is 0.909. The number of rotatable bonds is 0. The molecule has 13 heavy (non-hydrogen) atoms. The first-order chi connectivity index (χ1) is 6.43. The highest BCUT2D eigenvalue weighted by atomic mass is 16.5. The highest BCUT2D eigenvalue weighted by Gasteiger charge is 2.00. The van der Waals surface area contributed by atoms with Gasteiger partial charge in [0.15, 0.2) is 5.90 Å². The van der Waals surface area contributed by atoms with Crippen LogP contribution in [0.15, 0.2) is 4.99 Å². The molecule has 1 aliphatic heterocycles. The van der Waals surface area contributed by atoms with E-state index in [4.69, 9.17) is 4.74 Å². The summed E-state index contributed by atoms with van der Waals surface area (Å²) in [5, 5.41) is 0. The Labute approximate surface area is 81.4 Å². The topological polar surface area (TPSA) is 21.6 Å². The lowest BCUT2D eigenvalue weighted by molar-refractivity contribution is 0.384. The molecule has 1 rings (SSSR count). The van der Waals surface area contributed by atoms with Gasteiger partial charge >= 0.3 is 0 Å². The van der Waals surface area contributed by atoms with Crippen molar-refractivity contribution in [3.63, 3.8) is 0 Å². The summed E-state index contributed by atoms with van der Waals surface area (Å²) in [6, 6.07) is 0. The summed E-state index contributed by atoms with van der Waals surface area (Å²) in [5.41, 5.74) is 0. The first-order valence-electron chi connectivity index (χ1n) is 5.51. The van der Waals surface area contributed by atoms with Crippen molar-refractivity contribution in [1.82, 2.24) is 0 Å². The number of hydrogen-bond acceptors (Lipinski definition) is 2. The van der Waals surface area contributed by atoms with Gasteiger partial charge in [-0.2, -0.15) is 0 Å². The largest absolute Gasteiger partial charge is 0.484 e. The van der Waals surface area contributed by atoms with Crippen LogP contribution < -0.4 is 0 Å². The average molecular weight is 183 g/mol. The summed E-state index contributed by atoms with van der Waals surface area (Å²) in [4.78, 5) is 4.44. The van der Waals surface area contributed by atoms with E-state index in [1.807, 2.05) is 0 Å². The second kappa shape index (κ2) is 6.93. The zero-order valence-corrected chi connectivity index (χ0v) is 8.72. The first-order valence-corrected chi connectivity index (χ1v) is 5.51. The van der Waals surface area contributed by atoms with Crippen LogP contribution in [-0.2, 0) is 4.74 Å². The second-order valence-corrected chi connectivity index (χ2v) is 3.70. The third-order valence-corrected chi connectivity index (χ3v) is 2.57. The van der Waals surface area contributed by atoms with E-state index in [0.29, 0.717) is 0 Å². The van der Waals surface area contributed by atoms with E-state index < -0.39 is 0 Å². The smallest absolute Gasteiger partial charge is 0.182 e. The molecule has 1 heterocycles. The standard InChI is InChI=1S/C11H21NO/c1-13-11-9-7-5-3-2-4-6-8-10-12-11/h2-10H2,1H3. The summed E-state index contributed by atoms with van der Waals surface area (Å²) < 4.78 is 5.21. The Bertz CT molecular complexity index is 154. The molecule has 0 saturated carbocycles. The second-order valence-electron chi connectivity index (χ2n) is 3.70. The van der Waals surface area contributed by atoms with E-state index in [2.05, 4.69) is 4.99 Å². The Morgan fingerprint density at radius 2 is 1.54 bits per heavy atom. The quantitative estimate of drug-likeness (QED) is 0.565.